The first-order valence-electron chi connectivity index (χ1n) is 9.71. The first-order valence-corrected chi connectivity index (χ1v) is 9.71. The first-order chi connectivity index (χ1) is 13.2. The summed E-state index contributed by atoms with van der Waals surface area (Å²) in [5, 5.41) is 6.31. The summed E-state index contributed by atoms with van der Waals surface area (Å²) in [4.78, 5) is 12.3. The fourth-order valence-corrected chi connectivity index (χ4v) is 3.48. The van der Waals surface area contributed by atoms with Gasteiger partial charge in [0.1, 0.15) is 5.82 Å². The van der Waals surface area contributed by atoms with Gasteiger partial charge in [-0.3, -0.25) is 10.1 Å². The Balaban J connectivity index is 1.55. The average Bonchev–Trinajstić information content (AvgIpc) is 2.71. The third-order valence-electron chi connectivity index (χ3n) is 4.96. The van der Waals surface area contributed by atoms with Crippen molar-refractivity contribution in [3.8, 4) is 0 Å². The first kappa shape index (κ1) is 19.3. The minimum absolute atomic E-state index is 0.0190. The third kappa shape index (κ3) is 6.04. The van der Waals surface area contributed by atoms with Gasteiger partial charge in [0.05, 0.1) is 12.6 Å². The molecule has 1 aliphatic carbocycles. The Morgan fingerprint density at radius 2 is 1.74 bits per heavy atom. The lowest BCUT2D eigenvalue weighted by Gasteiger charge is -2.20. The summed E-state index contributed by atoms with van der Waals surface area (Å²) in [6.45, 7) is 0.898. The Hall–Kier alpha value is -2.46. The second-order valence-corrected chi connectivity index (χ2v) is 6.98. The quantitative estimate of drug-likeness (QED) is 0.675. The molecule has 0 fully saturated rings. The van der Waals surface area contributed by atoms with Gasteiger partial charge < -0.3 is 5.32 Å². The maximum absolute atomic E-state index is 13.3. The molecule has 0 bridgehead atoms. The van der Waals surface area contributed by atoms with Crippen LogP contribution in [0, 0.1) is 5.82 Å². The predicted molar refractivity (Wildman–Crippen MR) is 107 cm³/mol. The number of hydrogen-bond donors (Lipinski definition) is 2. The molecule has 0 aromatic heterocycles. The molecule has 0 saturated heterocycles. The Morgan fingerprint density at radius 1 is 1.00 bits per heavy atom. The molecule has 0 heterocycles. The van der Waals surface area contributed by atoms with Crippen LogP contribution in [0.15, 0.2) is 66.2 Å². The highest BCUT2D eigenvalue weighted by Gasteiger charge is 2.15. The molecule has 3 nitrogen and oxygen atoms in total. The molecule has 1 unspecified atom stereocenters. The molecule has 1 amide bonds. The summed E-state index contributed by atoms with van der Waals surface area (Å²) in [6, 6.07) is 16.2. The molecule has 1 atom stereocenters. The lowest BCUT2D eigenvalue weighted by Crippen LogP contribution is -2.36. The monoisotopic (exact) mass is 366 g/mol. The van der Waals surface area contributed by atoms with Crippen LogP contribution in [0.4, 0.5) is 4.39 Å². The molecule has 3 rings (SSSR count). The highest BCUT2D eigenvalue weighted by atomic mass is 19.1. The molecule has 2 N–H and O–H groups in total. The second-order valence-electron chi connectivity index (χ2n) is 6.98. The van der Waals surface area contributed by atoms with E-state index in [1.165, 1.54) is 37.0 Å². The zero-order chi connectivity index (χ0) is 18.9. The number of halogens is 1. The molecule has 0 spiro atoms. The summed E-state index contributed by atoms with van der Waals surface area (Å²) in [5.74, 6) is -0.283. The Bertz CT molecular complexity index is 756. The standard InChI is InChI=1S/C23H27FN2O/c24-21-13-11-20(12-14-21)23(19-9-5-2-6-10-19)26-17-22(27)25-16-15-18-7-3-1-4-8-18/h2,5-7,9-14,23,26H,1,3-4,8,15-17H2,(H,25,27). The van der Waals surface area contributed by atoms with Gasteiger partial charge in [-0.2, -0.15) is 0 Å². The normalized spacial score (nSPS) is 15.1. The van der Waals surface area contributed by atoms with E-state index in [-0.39, 0.29) is 24.3 Å². The number of hydrogen-bond acceptors (Lipinski definition) is 2. The van der Waals surface area contributed by atoms with Crippen LogP contribution in [0.1, 0.15) is 49.3 Å². The lowest BCUT2D eigenvalue weighted by atomic mass is 9.97. The number of benzene rings is 2. The van der Waals surface area contributed by atoms with Crippen LogP contribution >= 0.6 is 0 Å². The van der Waals surface area contributed by atoms with E-state index in [1.807, 2.05) is 30.3 Å². The molecule has 142 valence electrons. The topological polar surface area (TPSA) is 41.1 Å². The van der Waals surface area contributed by atoms with Gasteiger partial charge in [-0.15, -0.1) is 0 Å². The van der Waals surface area contributed by atoms with Crippen LogP contribution in [0.25, 0.3) is 0 Å². The summed E-state index contributed by atoms with van der Waals surface area (Å²) in [6.07, 6.45) is 8.12. The van der Waals surface area contributed by atoms with Crippen molar-refractivity contribution in [2.75, 3.05) is 13.1 Å². The number of allylic oxidation sites excluding steroid dienone is 1. The van der Waals surface area contributed by atoms with E-state index in [0.29, 0.717) is 6.54 Å². The summed E-state index contributed by atoms with van der Waals surface area (Å²) in [7, 11) is 0. The summed E-state index contributed by atoms with van der Waals surface area (Å²) >= 11 is 0. The maximum atomic E-state index is 13.3. The van der Waals surface area contributed by atoms with E-state index >= 15 is 0 Å². The van der Waals surface area contributed by atoms with Crippen molar-refractivity contribution in [2.24, 2.45) is 0 Å². The second kappa shape index (κ2) is 10.0. The Morgan fingerprint density at radius 3 is 2.44 bits per heavy atom. The average molecular weight is 366 g/mol. The molecule has 1 aliphatic rings. The number of carbonyl (C=O) groups excluding carboxylic acids is 1. The third-order valence-corrected chi connectivity index (χ3v) is 4.96. The smallest absolute Gasteiger partial charge is 0.233 e. The van der Waals surface area contributed by atoms with Crippen molar-refractivity contribution in [2.45, 2.75) is 38.1 Å². The Labute approximate surface area is 160 Å². The van der Waals surface area contributed by atoms with E-state index in [0.717, 1.165) is 24.0 Å². The number of amides is 1. The van der Waals surface area contributed by atoms with Gasteiger partial charge >= 0.3 is 0 Å². The van der Waals surface area contributed by atoms with Crippen molar-refractivity contribution in [3.05, 3.63) is 83.2 Å². The molecule has 2 aromatic carbocycles. The fraction of sp³-hybridized carbons (Fsp3) is 0.348. The largest absolute Gasteiger partial charge is 0.355 e. The molecule has 27 heavy (non-hydrogen) atoms. The highest BCUT2D eigenvalue weighted by molar-refractivity contribution is 5.78. The maximum Gasteiger partial charge on any atom is 0.233 e. The van der Waals surface area contributed by atoms with E-state index in [4.69, 9.17) is 0 Å². The van der Waals surface area contributed by atoms with Crippen molar-refractivity contribution < 1.29 is 9.18 Å². The minimum atomic E-state index is -0.264. The van der Waals surface area contributed by atoms with Crippen LogP contribution < -0.4 is 10.6 Å². The minimum Gasteiger partial charge on any atom is -0.355 e. The van der Waals surface area contributed by atoms with Gasteiger partial charge in [-0.1, -0.05) is 54.1 Å². The Kier molecular flexibility index (Phi) is 7.17. The van der Waals surface area contributed by atoms with Gasteiger partial charge in [0.2, 0.25) is 5.91 Å². The lowest BCUT2D eigenvalue weighted by molar-refractivity contribution is -0.120. The zero-order valence-electron chi connectivity index (χ0n) is 15.6. The van der Waals surface area contributed by atoms with Gasteiger partial charge in [0.15, 0.2) is 0 Å². The van der Waals surface area contributed by atoms with Crippen LogP contribution in [0.3, 0.4) is 0 Å². The van der Waals surface area contributed by atoms with Crippen LogP contribution in [-0.2, 0) is 4.79 Å². The number of rotatable bonds is 8. The number of nitrogens with one attached hydrogen (secondary N) is 2. The molecule has 0 aliphatic heterocycles. The summed E-state index contributed by atoms with van der Waals surface area (Å²) < 4.78 is 13.3. The van der Waals surface area contributed by atoms with Crippen LogP contribution in [0.5, 0.6) is 0 Å². The van der Waals surface area contributed by atoms with Crippen molar-refractivity contribution in [1.82, 2.24) is 10.6 Å². The van der Waals surface area contributed by atoms with Crippen molar-refractivity contribution >= 4 is 5.91 Å². The van der Waals surface area contributed by atoms with E-state index in [2.05, 4.69) is 16.7 Å². The van der Waals surface area contributed by atoms with Crippen molar-refractivity contribution in [3.63, 3.8) is 0 Å². The molecular formula is C23H27FN2O. The van der Waals surface area contributed by atoms with E-state index in [1.54, 1.807) is 12.1 Å². The van der Waals surface area contributed by atoms with Crippen LogP contribution in [-0.4, -0.2) is 19.0 Å². The van der Waals surface area contributed by atoms with Crippen molar-refractivity contribution in [1.29, 1.82) is 0 Å². The summed E-state index contributed by atoms with van der Waals surface area (Å²) in [5.41, 5.74) is 3.44. The molecular weight excluding hydrogens is 339 g/mol. The van der Waals surface area contributed by atoms with E-state index < -0.39 is 0 Å². The van der Waals surface area contributed by atoms with Gasteiger partial charge in [-0.05, 0) is 55.4 Å². The molecule has 2 aromatic rings. The van der Waals surface area contributed by atoms with Gasteiger partial charge in [-0.25, -0.2) is 4.39 Å². The van der Waals surface area contributed by atoms with E-state index in [9.17, 15) is 9.18 Å². The SMILES string of the molecule is O=C(CNC(c1ccccc1)c1ccc(F)cc1)NCCC1=CCCCC1. The number of carbonyl (C=O) groups is 1. The van der Waals surface area contributed by atoms with Gasteiger partial charge in [0.25, 0.3) is 0 Å². The zero-order valence-corrected chi connectivity index (χ0v) is 15.6. The predicted octanol–water partition coefficient (Wildman–Crippen LogP) is 4.51. The fourth-order valence-electron chi connectivity index (χ4n) is 3.48. The highest BCUT2D eigenvalue weighted by Crippen LogP contribution is 2.22. The van der Waals surface area contributed by atoms with Gasteiger partial charge in [0, 0.05) is 6.54 Å². The van der Waals surface area contributed by atoms with Crippen LogP contribution in [0.2, 0.25) is 0 Å². The molecule has 0 saturated carbocycles. The molecule has 4 heteroatoms. The molecule has 0 radical (unpaired) electrons.